The molecule has 2 aliphatic heterocycles. The quantitative estimate of drug-likeness (QED) is 0.776. The van der Waals surface area contributed by atoms with Crippen LogP contribution >= 0.6 is 0 Å². The molecule has 0 unspecified atom stereocenters. The number of hydrogen-bond acceptors (Lipinski definition) is 5. The van der Waals surface area contributed by atoms with Crippen molar-refractivity contribution in [3.63, 3.8) is 0 Å². The second-order valence-corrected chi connectivity index (χ2v) is 8.90. The molecular weight excluding hydrogens is 382 g/mol. The fraction of sp³-hybridized carbons (Fsp3) is 0.522. The van der Waals surface area contributed by atoms with E-state index >= 15 is 0 Å². The molecule has 1 fully saturated rings. The third-order valence-corrected chi connectivity index (χ3v) is 5.46. The lowest BCUT2D eigenvalue weighted by Gasteiger charge is -2.25. The van der Waals surface area contributed by atoms with E-state index in [9.17, 15) is 4.79 Å². The number of aromatic nitrogens is 1. The number of carbonyl (C=O) groups is 2. The van der Waals surface area contributed by atoms with Crippen LogP contribution in [0.15, 0.2) is 28.7 Å². The minimum absolute atomic E-state index is 0.0775. The van der Waals surface area contributed by atoms with E-state index in [1.807, 2.05) is 17.0 Å². The van der Waals surface area contributed by atoms with Crippen molar-refractivity contribution in [3.05, 3.63) is 52.7 Å². The summed E-state index contributed by atoms with van der Waals surface area (Å²) in [6.45, 7) is 10.6. The predicted octanol–water partition coefficient (Wildman–Crippen LogP) is 3.47. The highest BCUT2D eigenvalue weighted by Crippen LogP contribution is 2.28. The minimum Gasteiger partial charge on any atom is -0.483 e. The summed E-state index contributed by atoms with van der Waals surface area (Å²) in [7, 11) is 0. The van der Waals surface area contributed by atoms with Gasteiger partial charge >= 0.3 is 0 Å². The number of hydrogen-bond donors (Lipinski definition) is 1. The second-order valence-electron chi connectivity index (χ2n) is 8.90. The van der Waals surface area contributed by atoms with Crippen LogP contribution in [0, 0.1) is 0 Å². The van der Waals surface area contributed by atoms with Crippen molar-refractivity contribution in [3.8, 4) is 0 Å². The molecule has 0 spiro atoms. The summed E-state index contributed by atoms with van der Waals surface area (Å²) in [6.07, 6.45) is 3.33. The molecule has 1 aromatic heterocycles. The van der Waals surface area contributed by atoms with Gasteiger partial charge in [-0.05, 0) is 43.6 Å². The largest absolute Gasteiger partial charge is 0.483 e. The van der Waals surface area contributed by atoms with E-state index in [2.05, 4.69) is 42.8 Å². The molecule has 0 bridgehead atoms. The molecule has 1 aromatic carbocycles. The standard InChI is InChI=1S/C22H29N3O2.CH2O2/c1-22(2,3)21-23-18-15-25(13-10-19(18)27-21)20(26)17-8-6-16(7-9-17)14-24-11-4-5-12-24;2-1-3/h6-9H,4-5,10-15H2,1-3H3;1H,(H,2,3). The zero-order valence-corrected chi connectivity index (χ0v) is 18.1. The lowest BCUT2D eigenvalue weighted by atomic mass is 9.97. The Kier molecular flexibility index (Phi) is 6.92. The van der Waals surface area contributed by atoms with E-state index in [0.717, 1.165) is 35.9 Å². The zero-order valence-electron chi connectivity index (χ0n) is 18.1. The normalized spacial score (nSPS) is 16.6. The Morgan fingerprint density at radius 2 is 1.80 bits per heavy atom. The smallest absolute Gasteiger partial charge is 0.290 e. The van der Waals surface area contributed by atoms with Crippen molar-refractivity contribution in [2.75, 3.05) is 19.6 Å². The number of carboxylic acid groups (broad SMARTS) is 1. The topological polar surface area (TPSA) is 86.9 Å². The van der Waals surface area contributed by atoms with E-state index in [0.29, 0.717) is 13.1 Å². The first-order valence-electron chi connectivity index (χ1n) is 10.5. The van der Waals surface area contributed by atoms with E-state index in [4.69, 9.17) is 14.3 Å². The maximum Gasteiger partial charge on any atom is 0.290 e. The van der Waals surface area contributed by atoms with Gasteiger partial charge in [0.2, 0.25) is 0 Å². The van der Waals surface area contributed by atoms with Crippen LogP contribution in [0.1, 0.15) is 66.9 Å². The fourth-order valence-corrected chi connectivity index (χ4v) is 3.83. The SMILES string of the molecule is CC(C)(C)c1nc2c(o1)CCN(C(=O)c1ccc(CN3CCCC3)cc1)C2.O=CO. The summed E-state index contributed by atoms with van der Waals surface area (Å²) < 4.78 is 5.93. The number of rotatable bonds is 3. The van der Waals surface area contributed by atoms with E-state index < -0.39 is 0 Å². The first kappa shape index (κ1) is 22.0. The monoisotopic (exact) mass is 413 g/mol. The highest BCUT2D eigenvalue weighted by molar-refractivity contribution is 5.94. The van der Waals surface area contributed by atoms with Gasteiger partial charge in [-0.3, -0.25) is 14.5 Å². The van der Waals surface area contributed by atoms with Crippen LogP contribution in [0.25, 0.3) is 0 Å². The van der Waals surface area contributed by atoms with Gasteiger partial charge in [0.25, 0.3) is 12.4 Å². The fourth-order valence-electron chi connectivity index (χ4n) is 3.83. The molecule has 4 rings (SSSR count). The molecule has 0 radical (unpaired) electrons. The molecular formula is C23H31N3O4. The van der Waals surface area contributed by atoms with Gasteiger partial charge < -0.3 is 14.4 Å². The number of carbonyl (C=O) groups excluding carboxylic acids is 1. The second kappa shape index (κ2) is 9.43. The summed E-state index contributed by atoms with van der Waals surface area (Å²) in [5.41, 5.74) is 2.83. The lowest BCUT2D eigenvalue weighted by molar-refractivity contribution is -0.122. The zero-order chi connectivity index (χ0) is 21.7. The number of oxazole rings is 1. The number of nitrogens with zero attached hydrogens (tertiary/aromatic N) is 3. The Labute approximate surface area is 177 Å². The van der Waals surface area contributed by atoms with E-state index in [1.54, 1.807) is 0 Å². The molecule has 2 aliphatic rings. The van der Waals surface area contributed by atoms with Crippen molar-refractivity contribution >= 4 is 12.4 Å². The lowest BCUT2D eigenvalue weighted by Crippen LogP contribution is -2.35. The first-order chi connectivity index (χ1) is 14.3. The van der Waals surface area contributed by atoms with Crippen molar-refractivity contribution in [1.29, 1.82) is 0 Å². The van der Waals surface area contributed by atoms with Gasteiger partial charge in [0.1, 0.15) is 11.5 Å². The number of amides is 1. The average Bonchev–Trinajstić information content (AvgIpc) is 3.37. The summed E-state index contributed by atoms with van der Waals surface area (Å²) in [5.74, 6) is 1.77. The maximum atomic E-state index is 12.9. The number of likely N-dealkylation sites (tertiary alicyclic amines) is 1. The first-order valence-corrected chi connectivity index (χ1v) is 10.5. The Morgan fingerprint density at radius 3 is 2.40 bits per heavy atom. The Morgan fingerprint density at radius 1 is 1.17 bits per heavy atom. The molecule has 30 heavy (non-hydrogen) atoms. The molecule has 1 saturated heterocycles. The molecule has 1 N–H and O–H groups in total. The van der Waals surface area contributed by atoms with Gasteiger partial charge in [0.05, 0.1) is 6.54 Å². The van der Waals surface area contributed by atoms with Gasteiger partial charge in [-0.1, -0.05) is 32.9 Å². The molecule has 0 saturated carbocycles. The summed E-state index contributed by atoms with van der Waals surface area (Å²) >= 11 is 0. The van der Waals surface area contributed by atoms with Gasteiger partial charge in [-0.15, -0.1) is 0 Å². The molecule has 2 aromatic rings. The molecule has 7 nitrogen and oxygen atoms in total. The van der Waals surface area contributed by atoms with Crippen LogP contribution in [0.2, 0.25) is 0 Å². The van der Waals surface area contributed by atoms with Crippen molar-refractivity contribution in [1.82, 2.24) is 14.8 Å². The van der Waals surface area contributed by atoms with Crippen molar-refractivity contribution < 1.29 is 19.1 Å². The van der Waals surface area contributed by atoms with Gasteiger partial charge in [-0.25, -0.2) is 4.98 Å². The predicted molar refractivity (Wildman–Crippen MR) is 113 cm³/mol. The number of benzene rings is 1. The summed E-state index contributed by atoms with van der Waals surface area (Å²) in [4.78, 5) is 30.3. The van der Waals surface area contributed by atoms with Crippen LogP contribution in [-0.4, -0.2) is 51.9 Å². The number of fused-ring (bicyclic) bond motifs is 1. The molecule has 3 heterocycles. The van der Waals surface area contributed by atoms with Gasteiger partial charge in [-0.2, -0.15) is 0 Å². The minimum atomic E-state index is -0.250. The summed E-state index contributed by atoms with van der Waals surface area (Å²) in [5, 5.41) is 6.89. The van der Waals surface area contributed by atoms with Crippen LogP contribution < -0.4 is 0 Å². The van der Waals surface area contributed by atoms with Crippen LogP contribution in [0.4, 0.5) is 0 Å². The average molecular weight is 414 g/mol. The van der Waals surface area contributed by atoms with Crippen LogP contribution in [-0.2, 0) is 29.7 Å². The Bertz CT molecular complexity index is 862. The third-order valence-electron chi connectivity index (χ3n) is 5.46. The maximum absolute atomic E-state index is 12.9. The molecule has 7 heteroatoms. The van der Waals surface area contributed by atoms with Crippen LogP contribution in [0.5, 0.6) is 0 Å². The van der Waals surface area contributed by atoms with Crippen LogP contribution in [0.3, 0.4) is 0 Å². The highest BCUT2D eigenvalue weighted by atomic mass is 16.4. The van der Waals surface area contributed by atoms with Crippen molar-refractivity contribution in [2.24, 2.45) is 0 Å². The molecule has 0 aliphatic carbocycles. The molecule has 162 valence electrons. The van der Waals surface area contributed by atoms with E-state index in [-0.39, 0.29) is 17.8 Å². The highest BCUT2D eigenvalue weighted by Gasteiger charge is 2.29. The van der Waals surface area contributed by atoms with Crippen molar-refractivity contribution in [2.45, 2.75) is 58.5 Å². The van der Waals surface area contributed by atoms with Gasteiger partial charge in [0, 0.05) is 30.5 Å². The van der Waals surface area contributed by atoms with Gasteiger partial charge in [0.15, 0.2) is 5.89 Å². The Balaban J connectivity index is 0.000000806. The summed E-state index contributed by atoms with van der Waals surface area (Å²) in [6, 6.07) is 8.11. The Hall–Kier alpha value is -2.67. The third kappa shape index (κ3) is 5.27. The van der Waals surface area contributed by atoms with E-state index in [1.165, 1.54) is 31.5 Å². The molecule has 1 amide bonds. The molecule has 0 atom stereocenters.